The number of hydrogen-bond acceptors (Lipinski definition) is 9. The number of aliphatic hydroxyl groups excluding tert-OH is 1. The molecule has 0 spiro atoms. The summed E-state index contributed by atoms with van der Waals surface area (Å²) in [6.45, 7) is 4.42. The zero-order valence-corrected chi connectivity index (χ0v) is 21.8. The lowest BCUT2D eigenvalue weighted by Crippen LogP contribution is -2.48. The topological polar surface area (TPSA) is 133 Å². The predicted octanol–water partition coefficient (Wildman–Crippen LogP) is 3.37. The molecule has 1 aliphatic carbocycles. The Morgan fingerprint density at radius 2 is 2.11 bits per heavy atom. The fourth-order valence-corrected chi connectivity index (χ4v) is 5.50. The first kappa shape index (κ1) is 25.2. The number of carbonyl (C=O) groups is 1. The molecule has 3 aliphatic rings. The van der Waals surface area contributed by atoms with E-state index in [0.29, 0.717) is 42.0 Å². The Morgan fingerprint density at radius 3 is 2.87 bits per heavy atom. The van der Waals surface area contributed by atoms with Crippen LogP contribution in [0.25, 0.3) is 22.3 Å². The lowest BCUT2D eigenvalue weighted by atomic mass is 10.0. The number of halogens is 2. The van der Waals surface area contributed by atoms with Gasteiger partial charge in [-0.2, -0.15) is 0 Å². The molecule has 2 saturated heterocycles. The maximum Gasteiger partial charge on any atom is 0.407 e. The second-order valence-electron chi connectivity index (χ2n) is 10.2. The molecule has 0 radical (unpaired) electrons. The highest BCUT2D eigenvalue weighted by Crippen LogP contribution is 2.43. The number of methoxy groups -OCH3 is 1. The van der Waals surface area contributed by atoms with E-state index in [-0.39, 0.29) is 46.6 Å². The van der Waals surface area contributed by atoms with Crippen LogP contribution in [0.15, 0.2) is 18.3 Å². The smallest absolute Gasteiger partial charge is 0.407 e. The van der Waals surface area contributed by atoms with Gasteiger partial charge < -0.3 is 34.5 Å². The third-order valence-electron chi connectivity index (χ3n) is 7.22. The number of imidazole rings is 1. The second kappa shape index (κ2) is 9.60. The summed E-state index contributed by atoms with van der Waals surface area (Å²) in [5.74, 6) is 0.404. The number of anilines is 1. The van der Waals surface area contributed by atoms with E-state index in [9.17, 15) is 9.90 Å². The molecule has 3 aromatic rings. The number of carbonyl (C=O) groups excluding carboxylic acids is 1. The molecule has 2 bridgehead atoms. The lowest BCUT2D eigenvalue weighted by Gasteiger charge is -2.32. The second-order valence-corrected chi connectivity index (χ2v) is 10.6. The van der Waals surface area contributed by atoms with Crippen molar-refractivity contribution in [2.45, 2.75) is 69.2 Å². The van der Waals surface area contributed by atoms with Crippen LogP contribution >= 0.6 is 11.6 Å². The summed E-state index contributed by atoms with van der Waals surface area (Å²) in [6, 6.07) is 2.66. The van der Waals surface area contributed by atoms with Gasteiger partial charge in [0.1, 0.15) is 17.4 Å². The van der Waals surface area contributed by atoms with E-state index in [1.54, 1.807) is 0 Å². The zero-order chi connectivity index (χ0) is 26.7. The number of ether oxygens (including phenoxy) is 3. The summed E-state index contributed by atoms with van der Waals surface area (Å²) in [5, 5.41) is 16.7. The molecule has 1 aromatic carbocycles. The minimum Gasteiger partial charge on any atom is -0.453 e. The van der Waals surface area contributed by atoms with Crippen LogP contribution in [0.3, 0.4) is 0 Å². The molecule has 2 aromatic heterocycles. The molecule has 4 heterocycles. The highest BCUT2D eigenvalue weighted by atomic mass is 35.5. The van der Waals surface area contributed by atoms with E-state index in [4.69, 9.17) is 25.8 Å². The minimum absolute atomic E-state index is 0.0188. The fraction of sp³-hybridized carbons (Fsp3) is 0.520. The number of aliphatic hydroxyl groups is 1. The minimum atomic E-state index is -0.885. The number of hydrogen-bond donors (Lipinski definition) is 3. The predicted molar refractivity (Wildman–Crippen MR) is 135 cm³/mol. The van der Waals surface area contributed by atoms with Gasteiger partial charge in [0.15, 0.2) is 12.1 Å². The summed E-state index contributed by atoms with van der Waals surface area (Å²) < 4.78 is 33.2. The number of nitrogens with zero attached hydrogens (tertiary/aromatic N) is 4. The zero-order valence-electron chi connectivity index (χ0n) is 21.0. The first-order valence-electron chi connectivity index (χ1n) is 12.5. The monoisotopic (exact) mass is 546 g/mol. The van der Waals surface area contributed by atoms with Crippen LogP contribution in [-0.4, -0.2) is 75.0 Å². The largest absolute Gasteiger partial charge is 0.453 e. The van der Waals surface area contributed by atoms with Crippen LogP contribution in [-0.2, 0) is 14.2 Å². The molecule has 202 valence electrons. The summed E-state index contributed by atoms with van der Waals surface area (Å²) in [5.41, 5.74) is 1.66. The van der Waals surface area contributed by atoms with Crippen molar-refractivity contribution < 1.29 is 28.5 Å². The molecule has 0 unspecified atom stereocenters. The summed E-state index contributed by atoms with van der Waals surface area (Å²) in [4.78, 5) is 25.1. The van der Waals surface area contributed by atoms with Crippen molar-refractivity contribution in [2.24, 2.45) is 0 Å². The van der Waals surface area contributed by atoms with Gasteiger partial charge >= 0.3 is 6.09 Å². The van der Waals surface area contributed by atoms with Crippen molar-refractivity contribution in [3.8, 4) is 11.3 Å². The van der Waals surface area contributed by atoms with E-state index in [2.05, 4.69) is 25.6 Å². The van der Waals surface area contributed by atoms with Gasteiger partial charge in [-0.15, -0.1) is 0 Å². The molecule has 1 amide bonds. The van der Waals surface area contributed by atoms with Crippen molar-refractivity contribution in [1.82, 2.24) is 24.8 Å². The molecule has 11 nitrogen and oxygen atoms in total. The Hall–Kier alpha value is -3.06. The quantitative estimate of drug-likeness (QED) is 0.425. The Labute approximate surface area is 222 Å². The molecule has 3 N–H and O–H groups in total. The van der Waals surface area contributed by atoms with Crippen LogP contribution in [0, 0.1) is 5.82 Å². The average molecular weight is 547 g/mol. The first-order chi connectivity index (χ1) is 18.2. The van der Waals surface area contributed by atoms with Gasteiger partial charge in [0.25, 0.3) is 0 Å². The van der Waals surface area contributed by atoms with Crippen molar-refractivity contribution in [2.75, 3.05) is 19.0 Å². The van der Waals surface area contributed by atoms with Gasteiger partial charge in [-0.1, -0.05) is 11.6 Å². The maximum atomic E-state index is 15.5. The summed E-state index contributed by atoms with van der Waals surface area (Å²) >= 11 is 6.47. The Bertz CT molecular complexity index is 1400. The van der Waals surface area contributed by atoms with Gasteiger partial charge in [-0.25, -0.2) is 24.1 Å². The summed E-state index contributed by atoms with van der Waals surface area (Å²) in [6.07, 6.45) is 0.486. The van der Waals surface area contributed by atoms with Gasteiger partial charge in [0.05, 0.1) is 48.3 Å². The normalized spacial score (nSPS) is 28.1. The van der Waals surface area contributed by atoms with E-state index in [1.165, 1.54) is 19.4 Å². The van der Waals surface area contributed by atoms with Crippen LogP contribution in [0.1, 0.15) is 44.5 Å². The van der Waals surface area contributed by atoms with Gasteiger partial charge in [0.2, 0.25) is 5.95 Å². The number of benzene rings is 1. The van der Waals surface area contributed by atoms with Crippen molar-refractivity contribution in [3.05, 3.63) is 35.0 Å². The van der Waals surface area contributed by atoms with E-state index >= 15 is 4.39 Å². The third-order valence-corrected chi connectivity index (χ3v) is 7.49. The number of amides is 1. The van der Waals surface area contributed by atoms with Crippen LogP contribution in [0.4, 0.5) is 15.1 Å². The van der Waals surface area contributed by atoms with Crippen LogP contribution < -0.4 is 10.6 Å². The van der Waals surface area contributed by atoms with Gasteiger partial charge in [-0.05, 0) is 38.8 Å². The van der Waals surface area contributed by atoms with Crippen molar-refractivity contribution >= 4 is 34.7 Å². The van der Waals surface area contributed by atoms with Gasteiger partial charge in [0, 0.05) is 23.6 Å². The first-order valence-corrected chi connectivity index (χ1v) is 12.9. The Balaban J connectivity index is 1.33. The number of fused-ring (bicyclic) bond motifs is 3. The number of alkyl carbamates (subject to hydrolysis) is 1. The SMILES string of the molecule is COC(=O)N[C@@H]1C[C@H]1c1nc2c(F)cc(-c3nc(N[C@@H]4C[C@H]5CO[C@H](O5)[C@H]4O)ncc3Cl)cc2n1C(C)C. The Morgan fingerprint density at radius 1 is 1.29 bits per heavy atom. The summed E-state index contributed by atoms with van der Waals surface area (Å²) in [7, 11) is 1.32. The molecule has 6 rings (SSSR count). The number of rotatable bonds is 6. The lowest BCUT2D eigenvalue weighted by molar-refractivity contribution is -0.156. The molecule has 1 saturated carbocycles. The number of nitrogens with one attached hydrogen (secondary N) is 2. The molecule has 3 fully saturated rings. The maximum absolute atomic E-state index is 15.5. The standard InChI is InChI=1S/C25H28ClFN6O5/c1-10(2)33-18-5-11(4-15(27)20(18)31-22(33)13-7-16(13)30-25(35)36-3)19-14(26)8-28-24(32-19)29-17-6-12-9-37-23(38-12)21(17)34/h4-5,8,10,12-13,16-17,21,23,34H,6-7,9H2,1-3H3,(H,30,35)(H,28,29,32)/t12-,13+,16+,17+,21-,23+/m0/s1. The third kappa shape index (κ3) is 4.45. The molecule has 2 aliphatic heterocycles. The molecular formula is C25H28ClFN6O5. The number of aromatic nitrogens is 4. The molecule has 38 heavy (non-hydrogen) atoms. The van der Waals surface area contributed by atoms with Crippen LogP contribution in [0.2, 0.25) is 5.02 Å². The van der Waals surface area contributed by atoms with Crippen molar-refractivity contribution in [1.29, 1.82) is 0 Å². The highest BCUT2D eigenvalue weighted by Gasteiger charge is 2.45. The highest BCUT2D eigenvalue weighted by molar-refractivity contribution is 6.33. The van der Waals surface area contributed by atoms with E-state index in [1.807, 2.05) is 24.5 Å². The van der Waals surface area contributed by atoms with E-state index < -0.39 is 24.3 Å². The molecule has 6 atom stereocenters. The van der Waals surface area contributed by atoms with Crippen LogP contribution in [0.5, 0.6) is 0 Å². The molecular weight excluding hydrogens is 519 g/mol. The van der Waals surface area contributed by atoms with Crippen molar-refractivity contribution in [3.63, 3.8) is 0 Å². The van der Waals surface area contributed by atoms with E-state index in [0.717, 1.165) is 0 Å². The average Bonchev–Trinajstić information content (AvgIpc) is 3.34. The fourth-order valence-electron chi connectivity index (χ4n) is 5.30. The molecule has 13 heteroatoms. The Kier molecular flexibility index (Phi) is 6.37. The van der Waals surface area contributed by atoms with Gasteiger partial charge in [-0.3, -0.25) is 0 Å².